The third kappa shape index (κ3) is 4.54. The van der Waals surface area contributed by atoms with Crippen LogP contribution in [0.15, 0.2) is 33.6 Å². The lowest BCUT2D eigenvalue weighted by molar-refractivity contribution is -0.140. The van der Waals surface area contributed by atoms with Gasteiger partial charge in [0.25, 0.3) is 0 Å². The third-order valence-electron chi connectivity index (χ3n) is 4.77. The molecule has 130 valence electrons. The second-order valence-electron chi connectivity index (χ2n) is 6.58. The fraction of sp³-hybridized carbons (Fsp3) is 0.556. The van der Waals surface area contributed by atoms with Crippen molar-refractivity contribution in [2.24, 2.45) is 11.8 Å². The minimum Gasteiger partial charge on any atom is -0.339 e. The lowest BCUT2D eigenvalue weighted by atomic mass is 10.2. The normalized spacial score (nSPS) is 23.2. The van der Waals surface area contributed by atoms with E-state index in [1.807, 2.05) is 21.9 Å². The zero-order valence-electron chi connectivity index (χ0n) is 13.9. The van der Waals surface area contributed by atoms with Crippen molar-refractivity contribution in [2.75, 3.05) is 31.9 Å². The Labute approximate surface area is 156 Å². The number of amides is 2. The Kier molecular flexibility index (Phi) is 5.87. The SMILES string of the molecule is C[C@@H]1C[C@@H]1C(=O)N1CCN(C(=O)CCSc2ccc(Br)cc2)CC1. The average Bonchev–Trinajstić information content (AvgIpc) is 3.33. The Morgan fingerprint density at radius 2 is 1.71 bits per heavy atom. The van der Waals surface area contributed by atoms with Crippen LogP contribution < -0.4 is 0 Å². The summed E-state index contributed by atoms with van der Waals surface area (Å²) in [6.45, 7) is 4.86. The number of carbonyl (C=O) groups excluding carboxylic acids is 2. The number of piperazine rings is 1. The molecular weight excluding hydrogens is 388 g/mol. The van der Waals surface area contributed by atoms with Gasteiger partial charge in [-0.05, 0) is 36.6 Å². The molecule has 0 N–H and O–H groups in total. The standard InChI is InChI=1S/C18H23BrN2O2S/c1-13-12-16(13)18(23)21-9-7-20(8-10-21)17(22)6-11-24-15-4-2-14(19)3-5-15/h2-5,13,16H,6-12H2,1H3/t13-,16+/m1/s1. The van der Waals surface area contributed by atoms with Gasteiger partial charge in [-0.3, -0.25) is 9.59 Å². The highest BCUT2D eigenvalue weighted by atomic mass is 79.9. The molecule has 0 aromatic heterocycles. The Bertz CT molecular complexity index is 600. The number of carbonyl (C=O) groups is 2. The summed E-state index contributed by atoms with van der Waals surface area (Å²) in [5.74, 6) is 2.08. The van der Waals surface area contributed by atoms with Crippen molar-refractivity contribution in [3.63, 3.8) is 0 Å². The molecule has 0 spiro atoms. The molecule has 2 amide bonds. The molecule has 6 heteroatoms. The van der Waals surface area contributed by atoms with Gasteiger partial charge in [-0.2, -0.15) is 0 Å². The number of hydrogen-bond donors (Lipinski definition) is 0. The number of nitrogens with zero attached hydrogens (tertiary/aromatic N) is 2. The molecule has 1 aliphatic carbocycles. The van der Waals surface area contributed by atoms with Crippen molar-refractivity contribution in [3.8, 4) is 0 Å². The number of benzene rings is 1. The quantitative estimate of drug-likeness (QED) is 0.699. The monoisotopic (exact) mass is 410 g/mol. The maximum Gasteiger partial charge on any atom is 0.226 e. The first kappa shape index (κ1) is 17.8. The Hall–Kier alpha value is -1.01. The number of hydrogen-bond acceptors (Lipinski definition) is 3. The molecule has 2 fully saturated rings. The maximum absolute atomic E-state index is 12.3. The lowest BCUT2D eigenvalue weighted by Crippen LogP contribution is -2.51. The summed E-state index contributed by atoms with van der Waals surface area (Å²) >= 11 is 5.13. The zero-order valence-corrected chi connectivity index (χ0v) is 16.3. The fourth-order valence-corrected chi connectivity index (χ4v) is 4.13. The van der Waals surface area contributed by atoms with E-state index in [1.54, 1.807) is 11.8 Å². The molecule has 1 aromatic carbocycles. The average molecular weight is 411 g/mol. The van der Waals surface area contributed by atoms with Crippen molar-refractivity contribution in [1.29, 1.82) is 0 Å². The van der Waals surface area contributed by atoms with E-state index in [1.165, 1.54) is 4.90 Å². The van der Waals surface area contributed by atoms with E-state index in [9.17, 15) is 9.59 Å². The largest absolute Gasteiger partial charge is 0.339 e. The molecular formula is C18H23BrN2O2S. The first-order valence-electron chi connectivity index (χ1n) is 8.49. The van der Waals surface area contributed by atoms with Gasteiger partial charge >= 0.3 is 0 Å². The van der Waals surface area contributed by atoms with Crippen LogP contribution in [0.1, 0.15) is 19.8 Å². The van der Waals surface area contributed by atoms with Gasteiger partial charge in [-0.1, -0.05) is 22.9 Å². The van der Waals surface area contributed by atoms with Gasteiger partial charge in [0.15, 0.2) is 0 Å². The van der Waals surface area contributed by atoms with Gasteiger partial charge in [0.05, 0.1) is 0 Å². The molecule has 2 aliphatic rings. The van der Waals surface area contributed by atoms with Crippen LogP contribution in [0.25, 0.3) is 0 Å². The topological polar surface area (TPSA) is 40.6 Å². The fourth-order valence-electron chi connectivity index (χ4n) is 3.02. The Balaban J connectivity index is 1.37. The summed E-state index contributed by atoms with van der Waals surface area (Å²) in [6, 6.07) is 8.15. The predicted molar refractivity (Wildman–Crippen MR) is 99.9 cm³/mol. The van der Waals surface area contributed by atoms with E-state index in [0.717, 1.165) is 16.6 Å². The van der Waals surface area contributed by atoms with Gasteiger partial charge in [0.2, 0.25) is 11.8 Å². The highest BCUT2D eigenvalue weighted by Crippen LogP contribution is 2.39. The highest BCUT2D eigenvalue weighted by molar-refractivity contribution is 9.10. The predicted octanol–water partition coefficient (Wildman–Crippen LogP) is 3.26. The van der Waals surface area contributed by atoms with E-state index < -0.39 is 0 Å². The van der Waals surface area contributed by atoms with Crippen LogP contribution >= 0.6 is 27.7 Å². The molecule has 1 aromatic rings. The molecule has 4 nitrogen and oxygen atoms in total. The molecule has 1 aliphatic heterocycles. The second-order valence-corrected chi connectivity index (χ2v) is 8.66. The van der Waals surface area contributed by atoms with Gasteiger partial charge in [-0.25, -0.2) is 0 Å². The van der Waals surface area contributed by atoms with Crippen molar-refractivity contribution in [3.05, 3.63) is 28.7 Å². The Morgan fingerprint density at radius 3 is 2.29 bits per heavy atom. The first-order valence-corrected chi connectivity index (χ1v) is 10.3. The molecule has 0 bridgehead atoms. The van der Waals surface area contributed by atoms with E-state index in [2.05, 4.69) is 35.0 Å². The summed E-state index contributed by atoms with van der Waals surface area (Å²) < 4.78 is 1.07. The minimum atomic E-state index is 0.200. The summed E-state index contributed by atoms with van der Waals surface area (Å²) in [5.41, 5.74) is 0. The summed E-state index contributed by atoms with van der Waals surface area (Å²) in [5, 5.41) is 0. The van der Waals surface area contributed by atoms with Crippen molar-refractivity contribution in [2.45, 2.75) is 24.7 Å². The molecule has 0 radical (unpaired) electrons. The maximum atomic E-state index is 12.3. The highest BCUT2D eigenvalue weighted by Gasteiger charge is 2.42. The molecule has 1 heterocycles. The lowest BCUT2D eigenvalue weighted by Gasteiger charge is -2.35. The van der Waals surface area contributed by atoms with Crippen LogP contribution in [-0.4, -0.2) is 53.5 Å². The smallest absolute Gasteiger partial charge is 0.226 e. The zero-order chi connectivity index (χ0) is 17.1. The summed E-state index contributed by atoms with van der Waals surface area (Å²) in [6.07, 6.45) is 1.58. The van der Waals surface area contributed by atoms with E-state index in [-0.39, 0.29) is 11.8 Å². The summed E-state index contributed by atoms with van der Waals surface area (Å²) in [4.78, 5) is 29.6. The van der Waals surface area contributed by atoms with Gasteiger partial charge in [-0.15, -0.1) is 11.8 Å². The third-order valence-corrected chi connectivity index (χ3v) is 6.31. The number of halogens is 1. The molecule has 1 saturated heterocycles. The van der Waals surface area contributed by atoms with E-state index in [0.29, 0.717) is 44.4 Å². The van der Waals surface area contributed by atoms with E-state index >= 15 is 0 Å². The van der Waals surface area contributed by atoms with Crippen molar-refractivity contribution in [1.82, 2.24) is 9.80 Å². The summed E-state index contributed by atoms with van der Waals surface area (Å²) in [7, 11) is 0. The second kappa shape index (κ2) is 7.91. The molecule has 3 rings (SSSR count). The van der Waals surface area contributed by atoms with Gasteiger partial charge in [0.1, 0.15) is 0 Å². The number of thioether (sulfide) groups is 1. The van der Waals surface area contributed by atoms with Crippen molar-refractivity contribution < 1.29 is 9.59 Å². The van der Waals surface area contributed by atoms with Gasteiger partial charge in [0, 0.05) is 53.6 Å². The van der Waals surface area contributed by atoms with Crippen LogP contribution in [0.2, 0.25) is 0 Å². The van der Waals surface area contributed by atoms with E-state index in [4.69, 9.17) is 0 Å². The van der Waals surface area contributed by atoms with Gasteiger partial charge < -0.3 is 9.80 Å². The molecule has 24 heavy (non-hydrogen) atoms. The van der Waals surface area contributed by atoms with Crippen LogP contribution in [0.5, 0.6) is 0 Å². The molecule has 1 saturated carbocycles. The number of rotatable bonds is 5. The van der Waals surface area contributed by atoms with Crippen LogP contribution in [0, 0.1) is 11.8 Å². The van der Waals surface area contributed by atoms with Crippen LogP contribution in [0.3, 0.4) is 0 Å². The first-order chi connectivity index (χ1) is 11.5. The Morgan fingerprint density at radius 1 is 1.12 bits per heavy atom. The molecule has 2 atom stereocenters. The van der Waals surface area contributed by atoms with Crippen LogP contribution in [-0.2, 0) is 9.59 Å². The minimum absolute atomic E-state index is 0.200. The van der Waals surface area contributed by atoms with Crippen molar-refractivity contribution >= 4 is 39.5 Å². The molecule has 0 unspecified atom stereocenters. The van der Waals surface area contributed by atoms with Crippen LogP contribution in [0.4, 0.5) is 0 Å².